The van der Waals surface area contributed by atoms with Gasteiger partial charge in [-0.2, -0.15) is 5.10 Å². The Balaban J connectivity index is 1.70. The molecular formula is C21H21ClFN3O3. The van der Waals surface area contributed by atoms with Crippen molar-refractivity contribution in [3.63, 3.8) is 0 Å². The molecule has 1 aromatic heterocycles. The standard InChI is InChI=1S/C21H21ClFN3O3/c1-3-28-18-8-6-14(11-19(18)29-4-2)21(27)24-20-9-10-26(25-20)13-15-5-7-16(23)12-17(15)22/h5-12H,3-4,13H2,1-2H3,(H,24,25,27). The van der Waals surface area contributed by atoms with E-state index in [1.54, 1.807) is 41.2 Å². The maximum absolute atomic E-state index is 13.2. The third kappa shape index (κ3) is 5.26. The normalized spacial score (nSPS) is 10.6. The summed E-state index contributed by atoms with van der Waals surface area (Å²) in [5.74, 6) is 0.776. The van der Waals surface area contributed by atoms with Crippen molar-refractivity contribution in [1.82, 2.24) is 9.78 Å². The summed E-state index contributed by atoms with van der Waals surface area (Å²) in [6.07, 6.45) is 1.71. The zero-order valence-corrected chi connectivity index (χ0v) is 16.9. The molecule has 0 spiro atoms. The van der Waals surface area contributed by atoms with Gasteiger partial charge in [0.05, 0.1) is 19.8 Å². The molecule has 0 saturated heterocycles. The Morgan fingerprint density at radius 1 is 1.10 bits per heavy atom. The highest BCUT2D eigenvalue weighted by molar-refractivity contribution is 6.31. The van der Waals surface area contributed by atoms with Crippen molar-refractivity contribution < 1.29 is 18.7 Å². The van der Waals surface area contributed by atoms with Gasteiger partial charge < -0.3 is 14.8 Å². The van der Waals surface area contributed by atoms with Gasteiger partial charge in [0.1, 0.15) is 5.82 Å². The molecule has 0 aliphatic carbocycles. The topological polar surface area (TPSA) is 65.4 Å². The average Bonchev–Trinajstić information content (AvgIpc) is 3.12. The number of rotatable bonds is 8. The maximum atomic E-state index is 13.2. The molecule has 8 heteroatoms. The van der Waals surface area contributed by atoms with Crippen LogP contribution in [0.3, 0.4) is 0 Å². The number of hydrogen-bond acceptors (Lipinski definition) is 4. The second-order valence-corrected chi connectivity index (χ2v) is 6.52. The largest absolute Gasteiger partial charge is 0.490 e. The Hall–Kier alpha value is -3.06. The second-order valence-electron chi connectivity index (χ2n) is 6.12. The molecule has 3 rings (SSSR count). The van der Waals surface area contributed by atoms with Crippen LogP contribution in [0.5, 0.6) is 11.5 Å². The molecule has 2 aromatic carbocycles. The summed E-state index contributed by atoms with van der Waals surface area (Å²) in [6.45, 7) is 5.06. The van der Waals surface area contributed by atoms with Gasteiger partial charge in [0.25, 0.3) is 5.91 Å². The highest BCUT2D eigenvalue weighted by Gasteiger charge is 2.13. The van der Waals surface area contributed by atoms with Crippen LogP contribution in [0, 0.1) is 5.82 Å². The number of carbonyl (C=O) groups is 1. The van der Waals surface area contributed by atoms with Crippen LogP contribution in [0.25, 0.3) is 0 Å². The maximum Gasteiger partial charge on any atom is 0.257 e. The minimum absolute atomic E-state index is 0.320. The van der Waals surface area contributed by atoms with E-state index in [0.717, 1.165) is 5.56 Å². The average molecular weight is 418 g/mol. The number of anilines is 1. The van der Waals surface area contributed by atoms with Crippen molar-refractivity contribution in [1.29, 1.82) is 0 Å². The third-order valence-corrected chi connectivity index (χ3v) is 4.39. The van der Waals surface area contributed by atoms with E-state index in [-0.39, 0.29) is 5.91 Å². The van der Waals surface area contributed by atoms with Crippen LogP contribution in [-0.4, -0.2) is 28.9 Å². The van der Waals surface area contributed by atoms with Crippen molar-refractivity contribution >= 4 is 23.3 Å². The molecule has 29 heavy (non-hydrogen) atoms. The molecule has 0 unspecified atom stereocenters. The highest BCUT2D eigenvalue weighted by atomic mass is 35.5. The Kier molecular flexibility index (Phi) is 6.72. The lowest BCUT2D eigenvalue weighted by molar-refractivity contribution is 0.102. The number of amides is 1. The van der Waals surface area contributed by atoms with Gasteiger partial charge in [0, 0.05) is 22.8 Å². The van der Waals surface area contributed by atoms with E-state index in [0.29, 0.717) is 47.7 Å². The van der Waals surface area contributed by atoms with Crippen molar-refractivity contribution in [2.24, 2.45) is 0 Å². The molecule has 0 fully saturated rings. The van der Waals surface area contributed by atoms with Crippen molar-refractivity contribution in [3.8, 4) is 11.5 Å². The lowest BCUT2D eigenvalue weighted by Crippen LogP contribution is -2.13. The van der Waals surface area contributed by atoms with E-state index in [1.807, 2.05) is 13.8 Å². The Labute approximate surface area is 173 Å². The zero-order valence-electron chi connectivity index (χ0n) is 16.1. The van der Waals surface area contributed by atoms with Crippen molar-refractivity contribution in [2.45, 2.75) is 20.4 Å². The summed E-state index contributed by atoms with van der Waals surface area (Å²) in [5.41, 5.74) is 1.15. The zero-order chi connectivity index (χ0) is 20.8. The molecule has 152 valence electrons. The van der Waals surface area contributed by atoms with Gasteiger partial charge in [0.15, 0.2) is 17.3 Å². The fraction of sp³-hybridized carbons (Fsp3) is 0.238. The summed E-state index contributed by atoms with van der Waals surface area (Å²) < 4.78 is 25.8. The van der Waals surface area contributed by atoms with Gasteiger partial charge in [0.2, 0.25) is 0 Å². The van der Waals surface area contributed by atoms with Crippen LogP contribution in [0.2, 0.25) is 5.02 Å². The molecule has 0 saturated carbocycles. The van der Waals surface area contributed by atoms with Gasteiger partial charge in [-0.05, 0) is 49.7 Å². The monoisotopic (exact) mass is 417 g/mol. The first-order chi connectivity index (χ1) is 14.0. The Morgan fingerprint density at radius 2 is 1.86 bits per heavy atom. The molecular weight excluding hydrogens is 397 g/mol. The summed E-state index contributed by atoms with van der Waals surface area (Å²) >= 11 is 6.05. The van der Waals surface area contributed by atoms with Crippen LogP contribution in [0.4, 0.5) is 10.2 Å². The summed E-state index contributed by atoms with van der Waals surface area (Å²) in [6, 6.07) is 10.9. The quantitative estimate of drug-likeness (QED) is 0.573. The summed E-state index contributed by atoms with van der Waals surface area (Å²) in [5, 5.41) is 7.39. The number of ether oxygens (including phenoxy) is 2. The van der Waals surface area contributed by atoms with E-state index in [1.165, 1.54) is 12.1 Å². The second kappa shape index (κ2) is 9.43. The van der Waals surface area contributed by atoms with Crippen LogP contribution in [-0.2, 0) is 6.54 Å². The Morgan fingerprint density at radius 3 is 2.59 bits per heavy atom. The van der Waals surface area contributed by atoms with Crippen LogP contribution in [0.1, 0.15) is 29.8 Å². The third-order valence-electron chi connectivity index (χ3n) is 4.04. The predicted molar refractivity (Wildman–Crippen MR) is 109 cm³/mol. The lowest BCUT2D eigenvalue weighted by Gasteiger charge is -2.12. The van der Waals surface area contributed by atoms with Gasteiger partial charge in [-0.15, -0.1) is 0 Å². The molecule has 6 nitrogen and oxygen atoms in total. The van der Waals surface area contributed by atoms with Crippen LogP contribution in [0.15, 0.2) is 48.7 Å². The highest BCUT2D eigenvalue weighted by Crippen LogP contribution is 2.29. The lowest BCUT2D eigenvalue weighted by atomic mass is 10.2. The van der Waals surface area contributed by atoms with Crippen molar-refractivity contribution in [3.05, 3.63) is 70.6 Å². The first-order valence-corrected chi connectivity index (χ1v) is 9.56. The van der Waals surface area contributed by atoms with E-state index in [9.17, 15) is 9.18 Å². The van der Waals surface area contributed by atoms with Gasteiger partial charge in [-0.25, -0.2) is 4.39 Å². The molecule has 0 atom stereocenters. The first-order valence-electron chi connectivity index (χ1n) is 9.18. The molecule has 1 N–H and O–H groups in total. The first kappa shape index (κ1) is 20.7. The number of aromatic nitrogens is 2. The van der Waals surface area contributed by atoms with Gasteiger partial charge >= 0.3 is 0 Å². The SMILES string of the molecule is CCOc1ccc(C(=O)Nc2ccn(Cc3ccc(F)cc3Cl)n2)cc1OCC. The van der Waals surface area contributed by atoms with Crippen LogP contribution >= 0.6 is 11.6 Å². The Bertz CT molecular complexity index is 1010. The molecule has 0 aliphatic heterocycles. The van der Waals surface area contributed by atoms with E-state index < -0.39 is 5.82 Å². The molecule has 3 aromatic rings. The molecule has 0 radical (unpaired) electrons. The molecule has 0 bridgehead atoms. The number of nitrogens with zero attached hydrogens (tertiary/aromatic N) is 2. The van der Waals surface area contributed by atoms with Gasteiger partial charge in [-0.3, -0.25) is 9.48 Å². The smallest absolute Gasteiger partial charge is 0.257 e. The van der Waals surface area contributed by atoms with E-state index in [2.05, 4.69) is 10.4 Å². The number of benzene rings is 2. The number of hydrogen-bond donors (Lipinski definition) is 1. The molecule has 0 aliphatic rings. The minimum Gasteiger partial charge on any atom is -0.490 e. The van der Waals surface area contributed by atoms with E-state index >= 15 is 0 Å². The fourth-order valence-electron chi connectivity index (χ4n) is 2.72. The number of nitrogens with one attached hydrogen (secondary N) is 1. The predicted octanol–water partition coefficient (Wildman–Crippen LogP) is 4.77. The van der Waals surface area contributed by atoms with Crippen molar-refractivity contribution in [2.75, 3.05) is 18.5 Å². The van der Waals surface area contributed by atoms with Gasteiger partial charge in [-0.1, -0.05) is 17.7 Å². The fourth-order valence-corrected chi connectivity index (χ4v) is 2.95. The summed E-state index contributed by atoms with van der Waals surface area (Å²) in [4.78, 5) is 12.6. The molecule has 1 heterocycles. The number of halogens is 2. The van der Waals surface area contributed by atoms with E-state index in [4.69, 9.17) is 21.1 Å². The number of carbonyl (C=O) groups excluding carboxylic acids is 1. The summed E-state index contributed by atoms with van der Waals surface area (Å²) in [7, 11) is 0. The van der Waals surface area contributed by atoms with Crippen LogP contribution < -0.4 is 14.8 Å². The minimum atomic E-state index is -0.394. The molecule has 1 amide bonds.